The van der Waals surface area contributed by atoms with Gasteiger partial charge in [0.05, 0.1) is 41.2 Å². The lowest BCUT2D eigenvalue weighted by Crippen LogP contribution is -2.61. The molecule has 4 aliphatic rings. The number of aryl methyl sites for hydroxylation is 1. The van der Waals surface area contributed by atoms with Crippen molar-refractivity contribution in [1.82, 2.24) is 40.3 Å². The molecule has 5 N–H and O–H groups in total. The van der Waals surface area contributed by atoms with Gasteiger partial charge in [-0.05, 0) is 100 Å². The number of thiazole rings is 1. The number of carbonyl (C=O) groups is 5. The van der Waals surface area contributed by atoms with E-state index in [0.717, 1.165) is 34.5 Å². The SMILES string of the molecule is CNc1nc(Nc2ccc(C(=O)N3CCN(C(=O)C4CCC(CSC(C)(C)[C@H](NC(=O)C5(F)CC5)C(=O)N5C[C@H](O)C[C@H]5C(=O)NCc5ccc(-c6scnc6C)cc5)CC4)CC3)cc2OC)ncc1Cl. The van der Waals surface area contributed by atoms with Gasteiger partial charge in [-0.25, -0.2) is 14.4 Å². The fraction of sp³-hybridized carbons (Fsp3) is 0.520. The van der Waals surface area contributed by atoms with E-state index in [1.54, 1.807) is 47.0 Å². The molecule has 2 aromatic carbocycles. The van der Waals surface area contributed by atoms with Crippen LogP contribution >= 0.6 is 34.7 Å². The van der Waals surface area contributed by atoms with Gasteiger partial charge in [0.2, 0.25) is 23.7 Å². The number of amides is 5. The third kappa shape index (κ3) is 12.0. The molecule has 2 aliphatic heterocycles. The highest BCUT2D eigenvalue weighted by atomic mass is 35.5. The Morgan fingerprint density at radius 3 is 2.37 bits per heavy atom. The van der Waals surface area contributed by atoms with Crippen LogP contribution in [0.3, 0.4) is 0 Å². The highest BCUT2D eigenvalue weighted by molar-refractivity contribution is 8.00. The number of piperazine rings is 1. The fourth-order valence-electron chi connectivity index (χ4n) is 9.48. The summed E-state index contributed by atoms with van der Waals surface area (Å²) in [5, 5.41) is 22.9. The summed E-state index contributed by atoms with van der Waals surface area (Å²) in [4.78, 5) is 87.9. The standard InChI is InChI=1S/C50H62ClFN10O7S2/c1-29-40(70-28-56-29)32-10-6-30(7-11-32)24-54-43(64)38-23-35(63)26-62(38)46(67)41(58-47(68)50(52)16-17-50)49(2,3)71-27-31-8-12-33(13-9-31)44(65)60-18-20-61(21-19-60)45(66)34-14-15-37(39(22-34)69-5)57-48-55-25-36(51)42(53-4)59-48/h6-7,10-11,14-15,22,25,28,31,33,35,38,41,63H,8-9,12-13,16-21,23-24,26-27H2,1-5H3,(H,54,64)(H,58,68)(H2,53,55,57,59)/t31?,33?,35-,38+,41-/m1/s1. The first-order valence-corrected chi connectivity index (χ1v) is 26.3. The number of halogens is 2. The topological polar surface area (TPSA) is 211 Å². The zero-order chi connectivity index (χ0) is 50.6. The third-order valence-electron chi connectivity index (χ3n) is 14.0. The van der Waals surface area contributed by atoms with Gasteiger partial charge in [-0.2, -0.15) is 16.7 Å². The number of β-amino-alcohol motifs (C(OH)–C–C–N with tert-alkyl or cyclic N) is 1. The quantitative estimate of drug-likeness (QED) is 0.0796. The van der Waals surface area contributed by atoms with Crippen LogP contribution in [0.2, 0.25) is 5.02 Å². The van der Waals surface area contributed by atoms with Gasteiger partial charge >= 0.3 is 0 Å². The number of aliphatic hydroxyl groups excluding tert-OH is 1. The molecule has 0 bridgehead atoms. The first kappa shape index (κ1) is 51.8. The average Bonchev–Trinajstić information content (AvgIpc) is 3.79. The van der Waals surface area contributed by atoms with Crippen LogP contribution in [0.1, 0.15) is 80.4 Å². The number of thioether (sulfide) groups is 1. The lowest BCUT2D eigenvalue weighted by atomic mass is 9.82. The Morgan fingerprint density at radius 2 is 1.72 bits per heavy atom. The van der Waals surface area contributed by atoms with Crippen LogP contribution in [0, 0.1) is 18.8 Å². The number of hydrogen-bond donors (Lipinski definition) is 5. The predicted molar refractivity (Wildman–Crippen MR) is 273 cm³/mol. The van der Waals surface area contributed by atoms with Crippen LogP contribution in [0.15, 0.2) is 54.2 Å². The summed E-state index contributed by atoms with van der Waals surface area (Å²) in [6.45, 7) is 7.39. The summed E-state index contributed by atoms with van der Waals surface area (Å²) < 4.78 is 19.8. The lowest BCUT2D eigenvalue weighted by molar-refractivity contribution is -0.143. The Labute approximate surface area is 426 Å². The Hall–Kier alpha value is -5.57. The number of anilines is 3. The van der Waals surface area contributed by atoms with E-state index in [4.69, 9.17) is 16.3 Å². The Kier molecular flexibility index (Phi) is 16.1. The molecule has 380 valence electrons. The number of nitrogens with one attached hydrogen (secondary N) is 4. The third-order valence-corrected chi connectivity index (χ3v) is 16.9. The molecule has 2 aliphatic carbocycles. The normalized spacial score (nSPS) is 21.3. The number of ether oxygens (including phenoxy) is 1. The smallest absolute Gasteiger partial charge is 0.258 e. The van der Waals surface area contributed by atoms with Crippen LogP contribution in [0.25, 0.3) is 10.4 Å². The molecule has 2 saturated carbocycles. The lowest BCUT2D eigenvalue weighted by Gasteiger charge is -2.39. The maximum absolute atomic E-state index is 15.2. The molecule has 3 atom stereocenters. The fourth-order valence-corrected chi connectivity index (χ4v) is 11.8. The van der Waals surface area contributed by atoms with Crippen molar-refractivity contribution in [2.45, 2.75) is 101 Å². The van der Waals surface area contributed by atoms with Gasteiger partial charge in [-0.1, -0.05) is 35.9 Å². The molecule has 0 unspecified atom stereocenters. The van der Waals surface area contributed by atoms with Gasteiger partial charge in [0.1, 0.15) is 28.7 Å². The van der Waals surface area contributed by atoms with Crippen LogP contribution in [0.5, 0.6) is 5.75 Å². The number of nitrogens with zero attached hydrogens (tertiary/aromatic N) is 6. The van der Waals surface area contributed by atoms with Gasteiger partial charge in [-0.3, -0.25) is 24.0 Å². The maximum atomic E-state index is 15.2. The van der Waals surface area contributed by atoms with E-state index in [1.165, 1.54) is 30.0 Å². The Bertz CT molecular complexity index is 2600. The van der Waals surface area contributed by atoms with Gasteiger partial charge in [0, 0.05) is 69.0 Å². The molecule has 8 rings (SSSR count). The van der Waals surface area contributed by atoms with Crippen molar-refractivity contribution >= 4 is 81.7 Å². The van der Waals surface area contributed by atoms with Gasteiger partial charge in [-0.15, -0.1) is 11.3 Å². The minimum absolute atomic E-state index is 0.0304. The van der Waals surface area contributed by atoms with E-state index in [-0.39, 0.29) is 56.0 Å². The Morgan fingerprint density at radius 1 is 1.01 bits per heavy atom. The van der Waals surface area contributed by atoms with Crippen LogP contribution in [-0.4, -0.2) is 146 Å². The summed E-state index contributed by atoms with van der Waals surface area (Å²) in [5.41, 5.74) is 3.62. The summed E-state index contributed by atoms with van der Waals surface area (Å²) in [6, 6.07) is 10.7. The van der Waals surface area contributed by atoms with E-state index >= 15 is 4.39 Å². The second-order valence-electron chi connectivity index (χ2n) is 19.4. The van der Waals surface area contributed by atoms with E-state index in [9.17, 15) is 29.1 Å². The highest BCUT2D eigenvalue weighted by Gasteiger charge is 2.54. The van der Waals surface area contributed by atoms with Crippen molar-refractivity contribution in [3.63, 3.8) is 0 Å². The predicted octanol–water partition coefficient (Wildman–Crippen LogP) is 6.22. The zero-order valence-corrected chi connectivity index (χ0v) is 43.0. The largest absolute Gasteiger partial charge is 0.495 e. The number of aliphatic hydroxyl groups is 1. The number of alkyl halides is 1. The van der Waals surface area contributed by atoms with E-state index in [0.29, 0.717) is 78.6 Å². The molecule has 0 radical (unpaired) electrons. The van der Waals surface area contributed by atoms with Crippen LogP contribution in [-0.2, 0) is 25.7 Å². The molecule has 4 aromatic rings. The number of hydrogen-bond acceptors (Lipinski definition) is 14. The first-order chi connectivity index (χ1) is 34.0. The van der Waals surface area contributed by atoms with E-state index in [2.05, 4.69) is 36.2 Å². The second kappa shape index (κ2) is 22.0. The molecule has 4 fully saturated rings. The number of aromatic nitrogens is 3. The first-order valence-electron chi connectivity index (χ1n) is 24.1. The van der Waals surface area contributed by atoms with Crippen molar-refractivity contribution in [3.05, 3.63) is 76.0 Å². The van der Waals surface area contributed by atoms with Crippen LogP contribution < -0.4 is 26.0 Å². The molecule has 2 saturated heterocycles. The molecule has 2 aromatic heterocycles. The molecule has 21 heteroatoms. The second-order valence-corrected chi connectivity index (χ2v) is 22.3. The number of likely N-dealkylation sites (tertiary alicyclic amines) is 1. The minimum atomic E-state index is -2.03. The maximum Gasteiger partial charge on any atom is 0.258 e. The number of carbonyl (C=O) groups excluding carboxylic acids is 5. The monoisotopic (exact) mass is 1030 g/mol. The number of rotatable bonds is 17. The molecule has 71 heavy (non-hydrogen) atoms. The highest BCUT2D eigenvalue weighted by Crippen LogP contribution is 2.42. The summed E-state index contributed by atoms with van der Waals surface area (Å²) in [6.07, 6.45) is 3.68. The van der Waals surface area contributed by atoms with Crippen molar-refractivity contribution in [3.8, 4) is 16.2 Å². The number of methoxy groups -OCH3 is 1. The van der Waals surface area contributed by atoms with Gasteiger partial charge < -0.3 is 45.8 Å². The van der Waals surface area contributed by atoms with Crippen LogP contribution in [0.4, 0.5) is 21.8 Å². The molecular weight excluding hydrogens is 971 g/mol. The van der Waals surface area contributed by atoms with Gasteiger partial charge in [0.25, 0.3) is 11.8 Å². The summed E-state index contributed by atoms with van der Waals surface area (Å²) in [5.74, 6) is 0.0340. The van der Waals surface area contributed by atoms with Crippen molar-refractivity contribution in [1.29, 1.82) is 0 Å². The van der Waals surface area contributed by atoms with Gasteiger partial charge in [0.15, 0.2) is 5.67 Å². The van der Waals surface area contributed by atoms with E-state index < -0.39 is 46.3 Å². The Balaban J connectivity index is 0.822. The van der Waals surface area contributed by atoms with E-state index in [1.807, 2.05) is 49.9 Å². The van der Waals surface area contributed by atoms with Crippen molar-refractivity contribution < 1.29 is 38.2 Å². The average molecular weight is 1030 g/mol. The van der Waals surface area contributed by atoms with Crippen molar-refractivity contribution in [2.75, 3.05) is 63.3 Å². The molecule has 4 heterocycles. The molecule has 0 spiro atoms. The zero-order valence-electron chi connectivity index (χ0n) is 40.6. The summed E-state index contributed by atoms with van der Waals surface area (Å²) >= 11 is 9.19. The molecule has 17 nitrogen and oxygen atoms in total. The molecule has 5 amide bonds. The number of benzene rings is 2. The van der Waals surface area contributed by atoms with Crippen molar-refractivity contribution in [2.24, 2.45) is 11.8 Å². The summed E-state index contributed by atoms with van der Waals surface area (Å²) in [7, 11) is 3.22. The molecular formula is C50H62ClFN10O7S2. The minimum Gasteiger partial charge on any atom is -0.495 e.